The SMILES string of the molecule is COC(=O)/C(=C/c1cccc(C(F)(F)F)c1)C[Si](C)(C)c1ccccc1. The summed E-state index contributed by atoms with van der Waals surface area (Å²) >= 11 is 0. The molecule has 2 rings (SSSR count). The molecule has 6 heteroatoms. The van der Waals surface area contributed by atoms with Gasteiger partial charge in [-0.15, -0.1) is 0 Å². The topological polar surface area (TPSA) is 26.3 Å². The predicted octanol–water partition coefficient (Wildman–Crippen LogP) is 4.88. The third kappa shape index (κ3) is 5.08. The number of carbonyl (C=O) groups excluding carboxylic acids is 1. The Hall–Kier alpha value is -2.34. The van der Waals surface area contributed by atoms with Crippen molar-refractivity contribution in [1.29, 1.82) is 0 Å². The second-order valence-electron chi connectivity index (χ2n) is 6.71. The minimum absolute atomic E-state index is 0.332. The van der Waals surface area contributed by atoms with Gasteiger partial charge >= 0.3 is 12.1 Å². The average molecular weight is 378 g/mol. The normalized spacial score (nSPS) is 12.8. The molecule has 0 atom stereocenters. The first-order valence-electron chi connectivity index (χ1n) is 8.15. The van der Waals surface area contributed by atoms with Crippen molar-refractivity contribution < 1.29 is 22.7 Å². The molecule has 0 bridgehead atoms. The van der Waals surface area contributed by atoms with E-state index in [-0.39, 0.29) is 0 Å². The minimum Gasteiger partial charge on any atom is -0.466 e. The molecule has 0 spiro atoms. The van der Waals surface area contributed by atoms with Crippen LogP contribution in [0.2, 0.25) is 19.1 Å². The average Bonchev–Trinajstić information content (AvgIpc) is 2.60. The molecule has 0 saturated heterocycles. The second-order valence-corrected chi connectivity index (χ2v) is 11.4. The van der Waals surface area contributed by atoms with Crippen molar-refractivity contribution in [2.45, 2.75) is 25.3 Å². The van der Waals surface area contributed by atoms with Crippen LogP contribution in [0.15, 0.2) is 60.2 Å². The zero-order valence-corrected chi connectivity index (χ0v) is 15.9. The number of benzene rings is 2. The fourth-order valence-corrected chi connectivity index (χ4v) is 5.28. The van der Waals surface area contributed by atoms with Crippen molar-refractivity contribution in [1.82, 2.24) is 0 Å². The molecule has 0 amide bonds. The van der Waals surface area contributed by atoms with Crippen molar-refractivity contribution in [2.24, 2.45) is 0 Å². The van der Waals surface area contributed by atoms with Crippen molar-refractivity contribution >= 4 is 25.3 Å². The van der Waals surface area contributed by atoms with Gasteiger partial charge < -0.3 is 4.74 Å². The maximum Gasteiger partial charge on any atom is 0.416 e. The Balaban J connectivity index is 2.39. The van der Waals surface area contributed by atoms with Crippen LogP contribution < -0.4 is 5.19 Å². The highest BCUT2D eigenvalue weighted by molar-refractivity contribution is 6.90. The van der Waals surface area contributed by atoms with Gasteiger partial charge in [-0.1, -0.05) is 60.7 Å². The van der Waals surface area contributed by atoms with Crippen LogP contribution in [0.3, 0.4) is 0 Å². The fraction of sp³-hybridized carbons (Fsp3) is 0.250. The van der Waals surface area contributed by atoms with Crippen LogP contribution in [-0.4, -0.2) is 21.2 Å². The molecule has 26 heavy (non-hydrogen) atoms. The molecule has 0 fully saturated rings. The Kier molecular flexibility index (Phi) is 6.08. The van der Waals surface area contributed by atoms with Crippen molar-refractivity contribution in [3.8, 4) is 0 Å². The lowest BCUT2D eigenvalue weighted by Gasteiger charge is -2.24. The molecule has 0 aromatic heterocycles. The number of halogens is 3. The molecule has 0 heterocycles. The first-order chi connectivity index (χ1) is 12.1. The van der Waals surface area contributed by atoms with Gasteiger partial charge in [-0.2, -0.15) is 13.2 Å². The quantitative estimate of drug-likeness (QED) is 0.421. The summed E-state index contributed by atoms with van der Waals surface area (Å²) in [4.78, 5) is 12.2. The predicted molar refractivity (Wildman–Crippen MR) is 99.8 cm³/mol. The number of carbonyl (C=O) groups is 1. The monoisotopic (exact) mass is 378 g/mol. The highest BCUT2D eigenvalue weighted by Gasteiger charge is 2.31. The van der Waals surface area contributed by atoms with Gasteiger partial charge in [0.25, 0.3) is 0 Å². The number of alkyl halides is 3. The molecule has 2 aromatic carbocycles. The van der Waals surface area contributed by atoms with Gasteiger partial charge in [-0.05, 0) is 29.8 Å². The lowest BCUT2D eigenvalue weighted by atomic mass is 10.1. The van der Waals surface area contributed by atoms with E-state index in [1.807, 2.05) is 30.3 Å². The van der Waals surface area contributed by atoms with E-state index >= 15 is 0 Å². The summed E-state index contributed by atoms with van der Waals surface area (Å²) in [6.07, 6.45) is -2.92. The Morgan fingerprint density at radius 2 is 1.73 bits per heavy atom. The number of methoxy groups -OCH3 is 1. The van der Waals surface area contributed by atoms with Gasteiger partial charge in [0.15, 0.2) is 0 Å². The van der Waals surface area contributed by atoms with Gasteiger partial charge in [0.05, 0.1) is 20.7 Å². The molecule has 0 aliphatic carbocycles. The third-order valence-corrected chi connectivity index (χ3v) is 7.35. The molecule has 0 aliphatic heterocycles. The zero-order valence-electron chi connectivity index (χ0n) is 14.9. The van der Waals surface area contributed by atoms with E-state index in [1.165, 1.54) is 24.4 Å². The highest BCUT2D eigenvalue weighted by Crippen LogP contribution is 2.30. The van der Waals surface area contributed by atoms with Gasteiger partial charge in [0, 0.05) is 5.57 Å². The molecule has 0 saturated carbocycles. The van der Waals surface area contributed by atoms with E-state index in [2.05, 4.69) is 13.1 Å². The maximum atomic E-state index is 12.9. The van der Waals surface area contributed by atoms with Crippen LogP contribution in [-0.2, 0) is 15.7 Å². The van der Waals surface area contributed by atoms with E-state index in [1.54, 1.807) is 6.07 Å². The third-order valence-electron chi connectivity index (χ3n) is 4.19. The first-order valence-corrected chi connectivity index (χ1v) is 11.4. The number of hydrogen-bond donors (Lipinski definition) is 0. The maximum absolute atomic E-state index is 12.9. The second kappa shape index (κ2) is 7.91. The first kappa shape index (κ1) is 20.0. The molecule has 2 aromatic rings. The molecular formula is C20H21F3O2Si. The summed E-state index contributed by atoms with van der Waals surface area (Å²) in [7, 11) is -0.740. The van der Waals surface area contributed by atoms with Gasteiger partial charge in [0.1, 0.15) is 0 Å². The standard InChI is InChI=1S/C20H21F3O2Si/c1-25-19(24)16(14-26(2,3)18-10-5-4-6-11-18)12-15-8-7-9-17(13-15)20(21,22)23/h4-13H,14H2,1-3H3/b16-12+. The van der Waals surface area contributed by atoms with Crippen LogP contribution in [0.1, 0.15) is 11.1 Å². The molecule has 0 N–H and O–H groups in total. The Morgan fingerprint density at radius 3 is 2.31 bits per heavy atom. The van der Waals surface area contributed by atoms with Crippen molar-refractivity contribution in [3.63, 3.8) is 0 Å². The van der Waals surface area contributed by atoms with Gasteiger partial charge in [-0.25, -0.2) is 4.79 Å². The summed E-state index contributed by atoms with van der Waals surface area (Å²) in [6, 6.07) is 15.3. The van der Waals surface area contributed by atoms with Crippen LogP contribution in [0.5, 0.6) is 0 Å². The summed E-state index contributed by atoms with van der Waals surface area (Å²) < 4.78 is 43.6. The smallest absolute Gasteiger partial charge is 0.416 e. The lowest BCUT2D eigenvalue weighted by molar-refractivity contribution is -0.137. The molecule has 0 unspecified atom stereocenters. The molecule has 0 aliphatic rings. The van der Waals surface area contributed by atoms with Crippen LogP contribution >= 0.6 is 0 Å². The summed E-state index contributed by atoms with van der Waals surface area (Å²) in [5, 5.41) is 1.17. The molecular weight excluding hydrogens is 357 g/mol. The number of ether oxygens (including phenoxy) is 1. The van der Waals surface area contributed by atoms with Crippen molar-refractivity contribution in [2.75, 3.05) is 7.11 Å². The van der Waals surface area contributed by atoms with E-state index < -0.39 is 25.8 Å². The van der Waals surface area contributed by atoms with Crippen molar-refractivity contribution in [3.05, 3.63) is 71.3 Å². The van der Waals surface area contributed by atoms with E-state index in [4.69, 9.17) is 4.74 Å². The van der Waals surface area contributed by atoms with Crippen LogP contribution in [0, 0.1) is 0 Å². The summed E-state index contributed by atoms with van der Waals surface area (Å²) in [5.41, 5.74) is -0.0274. The molecule has 138 valence electrons. The lowest BCUT2D eigenvalue weighted by Crippen LogP contribution is -2.42. The molecule has 0 radical (unpaired) electrons. The van der Waals surface area contributed by atoms with E-state index in [0.717, 1.165) is 12.1 Å². The highest BCUT2D eigenvalue weighted by atomic mass is 28.3. The Morgan fingerprint density at radius 1 is 1.08 bits per heavy atom. The number of hydrogen-bond acceptors (Lipinski definition) is 2. The van der Waals surface area contributed by atoms with Crippen LogP contribution in [0.4, 0.5) is 13.2 Å². The van der Waals surface area contributed by atoms with Crippen LogP contribution in [0.25, 0.3) is 6.08 Å². The Labute approximate surface area is 152 Å². The van der Waals surface area contributed by atoms with E-state index in [9.17, 15) is 18.0 Å². The fourth-order valence-electron chi connectivity index (χ4n) is 2.79. The number of esters is 1. The zero-order chi connectivity index (χ0) is 19.4. The summed E-state index contributed by atoms with van der Waals surface area (Å²) in [5.74, 6) is -0.515. The van der Waals surface area contributed by atoms with Gasteiger partial charge in [0.2, 0.25) is 0 Å². The van der Waals surface area contributed by atoms with Gasteiger partial charge in [-0.3, -0.25) is 0 Å². The van der Waals surface area contributed by atoms with E-state index in [0.29, 0.717) is 17.2 Å². The summed E-state index contributed by atoms with van der Waals surface area (Å²) in [6.45, 7) is 4.23. The minimum atomic E-state index is -4.42. The number of rotatable bonds is 5. The Bertz CT molecular complexity index is 796. The largest absolute Gasteiger partial charge is 0.466 e. The molecule has 2 nitrogen and oxygen atoms in total.